The molecule has 0 aromatic carbocycles. The Kier molecular flexibility index (Phi) is 7.82. The molecule has 1 amide bonds. The predicted molar refractivity (Wildman–Crippen MR) is 74.7 cm³/mol. The van der Waals surface area contributed by atoms with E-state index in [2.05, 4.69) is 15.3 Å². The minimum absolute atomic E-state index is 0. The third-order valence-electron chi connectivity index (χ3n) is 2.63. The highest BCUT2D eigenvalue weighted by Crippen LogP contribution is 2.03. The summed E-state index contributed by atoms with van der Waals surface area (Å²) in [7, 11) is 0. The molecule has 7 heteroatoms. The number of aryl methyl sites for hydroxylation is 1. The van der Waals surface area contributed by atoms with Gasteiger partial charge in [0.05, 0.1) is 11.9 Å². The number of nitrogens with one attached hydrogen (secondary N) is 1. The van der Waals surface area contributed by atoms with E-state index in [1.54, 1.807) is 12.4 Å². The molecular formula is C11H18Cl2N4O. The third kappa shape index (κ3) is 4.40. The van der Waals surface area contributed by atoms with Crippen LogP contribution in [0.4, 0.5) is 0 Å². The van der Waals surface area contributed by atoms with Crippen molar-refractivity contribution in [2.24, 2.45) is 0 Å². The smallest absolute Gasteiger partial charge is 0.274 e. The molecule has 1 aliphatic heterocycles. The van der Waals surface area contributed by atoms with Crippen molar-refractivity contribution < 1.29 is 4.79 Å². The number of carbonyl (C=O) groups excluding carboxylic acids is 1. The van der Waals surface area contributed by atoms with Gasteiger partial charge in [0.25, 0.3) is 5.91 Å². The largest absolute Gasteiger partial charge is 0.336 e. The van der Waals surface area contributed by atoms with Crippen LogP contribution >= 0.6 is 24.8 Å². The predicted octanol–water partition coefficient (Wildman–Crippen LogP) is 1.06. The van der Waals surface area contributed by atoms with Gasteiger partial charge in [-0.15, -0.1) is 24.8 Å². The molecule has 0 unspecified atom stereocenters. The van der Waals surface area contributed by atoms with Gasteiger partial charge in [-0.3, -0.25) is 9.78 Å². The second kappa shape index (κ2) is 8.24. The summed E-state index contributed by atoms with van der Waals surface area (Å²) in [5, 5.41) is 3.26. The first-order valence-electron chi connectivity index (χ1n) is 5.56. The van der Waals surface area contributed by atoms with Gasteiger partial charge < -0.3 is 10.2 Å². The summed E-state index contributed by atoms with van der Waals surface area (Å²) in [6, 6.07) is 0. The number of rotatable bonds is 1. The number of amides is 1. The van der Waals surface area contributed by atoms with Crippen molar-refractivity contribution in [3.63, 3.8) is 0 Å². The number of hydrogen-bond acceptors (Lipinski definition) is 4. The van der Waals surface area contributed by atoms with Crippen molar-refractivity contribution in [2.45, 2.75) is 13.3 Å². The van der Waals surface area contributed by atoms with Crippen LogP contribution in [0.15, 0.2) is 12.4 Å². The van der Waals surface area contributed by atoms with Crippen molar-refractivity contribution in [1.29, 1.82) is 0 Å². The summed E-state index contributed by atoms with van der Waals surface area (Å²) >= 11 is 0. The summed E-state index contributed by atoms with van der Waals surface area (Å²) < 4.78 is 0. The molecule has 0 atom stereocenters. The Morgan fingerprint density at radius 3 is 2.67 bits per heavy atom. The molecular weight excluding hydrogens is 275 g/mol. The van der Waals surface area contributed by atoms with Crippen LogP contribution in [0.2, 0.25) is 0 Å². The summed E-state index contributed by atoms with van der Waals surface area (Å²) in [4.78, 5) is 22.1. The van der Waals surface area contributed by atoms with Gasteiger partial charge in [-0.2, -0.15) is 0 Å². The van der Waals surface area contributed by atoms with E-state index in [1.165, 1.54) is 0 Å². The summed E-state index contributed by atoms with van der Waals surface area (Å²) in [6.45, 7) is 5.22. The first kappa shape index (κ1) is 17.1. The number of nitrogens with zero attached hydrogens (tertiary/aromatic N) is 3. The fourth-order valence-electron chi connectivity index (χ4n) is 1.71. The lowest BCUT2D eigenvalue weighted by atomic mass is 10.3. The molecule has 102 valence electrons. The molecule has 1 N–H and O–H groups in total. The van der Waals surface area contributed by atoms with E-state index in [0.717, 1.165) is 38.3 Å². The highest BCUT2D eigenvalue weighted by atomic mass is 35.5. The van der Waals surface area contributed by atoms with Crippen LogP contribution in [0, 0.1) is 6.92 Å². The van der Waals surface area contributed by atoms with Crippen molar-refractivity contribution in [2.75, 3.05) is 26.2 Å². The van der Waals surface area contributed by atoms with E-state index >= 15 is 0 Å². The molecule has 0 saturated carbocycles. The average molecular weight is 293 g/mol. The zero-order valence-corrected chi connectivity index (χ0v) is 11.9. The molecule has 2 heterocycles. The normalized spacial score (nSPS) is 15.1. The number of halogens is 2. The molecule has 1 fully saturated rings. The minimum Gasteiger partial charge on any atom is -0.336 e. The summed E-state index contributed by atoms with van der Waals surface area (Å²) in [6.07, 6.45) is 4.17. The highest BCUT2D eigenvalue weighted by molar-refractivity contribution is 5.92. The lowest BCUT2D eigenvalue weighted by molar-refractivity contribution is 0.0760. The van der Waals surface area contributed by atoms with Gasteiger partial charge in [-0.25, -0.2) is 4.98 Å². The average Bonchev–Trinajstić information content (AvgIpc) is 2.57. The van der Waals surface area contributed by atoms with Crippen LogP contribution in [0.1, 0.15) is 22.6 Å². The fraction of sp³-hybridized carbons (Fsp3) is 0.545. The standard InChI is InChI=1S/C11H16N4O.2ClH/c1-9-7-14-10(8-13-9)11(16)15-5-2-3-12-4-6-15;;/h7-8,12H,2-6H2,1H3;2*1H. The van der Waals surface area contributed by atoms with Crippen molar-refractivity contribution >= 4 is 30.7 Å². The molecule has 0 spiro atoms. The van der Waals surface area contributed by atoms with Gasteiger partial charge in [0, 0.05) is 25.8 Å². The zero-order valence-electron chi connectivity index (χ0n) is 10.3. The van der Waals surface area contributed by atoms with E-state index in [0.29, 0.717) is 5.69 Å². The van der Waals surface area contributed by atoms with Crippen molar-refractivity contribution in [3.05, 3.63) is 23.8 Å². The first-order valence-corrected chi connectivity index (χ1v) is 5.56. The molecule has 0 radical (unpaired) electrons. The lowest BCUT2D eigenvalue weighted by Gasteiger charge is -2.19. The summed E-state index contributed by atoms with van der Waals surface area (Å²) in [5.41, 5.74) is 1.27. The monoisotopic (exact) mass is 292 g/mol. The Hall–Kier alpha value is -0.910. The third-order valence-corrected chi connectivity index (χ3v) is 2.63. The van der Waals surface area contributed by atoms with E-state index in [9.17, 15) is 4.79 Å². The van der Waals surface area contributed by atoms with Gasteiger partial charge in [0.2, 0.25) is 0 Å². The fourth-order valence-corrected chi connectivity index (χ4v) is 1.71. The second-order valence-corrected chi connectivity index (χ2v) is 3.94. The number of aromatic nitrogens is 2. The van der Waals surface area contributed by atoms with Gasteiger partial charge >= 0.3 is 0 Å². The quantitative estimate of drug-likeness (QED) is 0.841. The zero-order chi connectivity index (χ0) is 11.4. The topological polar surface area (TPSA) is 58.1 Å². The molecule has 1 aromatic heterocycles. The molecule has 18 heavy (non-hydrogen) atoms. The maximum absolute atomic E-state index is 12.1. The van der Waals surface area contributed by atoms with E-state index in [4.69, 9.17) is 0 Å². The van der Waals surface area contributed by atoms with Crippen molar-refractivity contribution in [1.82, 2.24) is 20.2 Å². The minimum atomic E-state index is -0.0174. The van der Waals surface area contributed by atoms with Crippen molar-refractivity contribution in [3.8, 4) is 0 Å². The molecule has 2 rings (SSSR count). The first-order chi connectivity index (χ1) is 7.77. The number of carbonyl (C=O) groups is 1. The van der Waals surface area contributed by atoms with Gasteiger partial charge in [0.15, 0.2) is 0 Å². The van der Waals surface area contributed by atoms with E-state index < -0.39 is 0 Å². The maximum atomic E-state index is 12.1. The Bertz CT molecular complexity index is 364. The van der Waals surface area contributed by atoms with Crippen LogP contribution in [-0.4, -0.2) is 47.0 Å². The maximum Gasteiger partial charge on any atom is 0.274 e. The Labute approximate surface area is 119 Å². The van der Waals surface area contributed by atoms with Crippen LogP contribution < -0.4 is 5.32 Å². The highest BCUT2D eigenvalue weighted by Gasteiger charge is 2.18. The van der Waals surface area contributed by atoms with Crippen LogP contribution in [0.25, 0.3) is 0 Å². The molecule has 0 aliphatic carbocycles. The van der Waals surface area contributed by atoms with Crippen LogP contribution in [-0.2, 0) is 0 Å². The SMILES string of the molecule is Cc1cnc(C(=O)N2CCCNCC2)cn1.Cl.Cl. The van der Waals surface area contributed by atoms with Gasteiger partial charge in [0.1, 0.15) is 5.69 Å². The number of hydrogen-bond donors (Lipinski definition) is 1. The van der Waals surface area contributed by atoms with E-state index in [1.807, 2.05) is 11.8 Å². The van der Waals surface area contributed by atoms with Crippen LogP contribution in [0.3, 0.4) is 0 Å². The molecule has 1 aliphatic rings. The Morgan fingerprint density at radius 1 is 1.22 bits per heavy atom. The summed E-state index contributed by atoms with van der Waals surface area (Å²) in [5.74, 6) is -0.0174. The molecule has 1 aromatic rings. The molecule has 1 saturated heterocycles. The Morgan fingerprint density at radius 2 is 2.00 bits per heavy atom. The van der Waals surface area contributed by atoms with Crippen LogP contribution in [0.5, 0.6) is 0 Å². The van der Waals surface area contributed by atoms with E-state index in [-0.39, 0.29) is 30.7 Å². The lowest BCUT2D eigenvalue weighted by Crippen LogP contribution is -2.34. The second-order valence-electron chi connectivity index (χ2n) is 3.94. The van der Waals surface area contributed by atoms with Gasteiger partial charge in [-0.1, -0.05) is 0 Å². The molecule has 0 bridgehead atoms. The Balaban J connectivity index is 0.00000144. The van der Waals surface area contributed by atoms with Gasteiger partial charge in [-0.05, 0) is 19.9 Å². The molecule has 5 nitrogen and oxygen atoms in total.